The molecule has 1 atom stereocenters. The predicted molar refractivity (Wildman–Crippen MR) is 84.7 cm³/mol. The number of ether oxygens (including phenoxy) is 1. The number of hydrogen-bond donors (Lipinski definition) is 3. The summed E-state index contributed by atoms with van der Waals surface area (Å²) in [7, 11) is 0. The first-order valence-electron chi connectivity index (χ1n) is 7.32. The van der Waals surface area contributed by atoms with E-state index in [1.807, 2.05) is 0 Å². The first kappa shape index (κ1) is 17.3. The Kier molecular flexibility index (Phi) is 4.77. The van der Waals surface area contributed by atoms with Crippen LogP contribution in [0.15, 0.2) is 35.5 Å². The van der Waals surface area contributed by atoms with E-state index in [0.717, 1.165) is 4.90 Å². The van der Waals surface area contributed by atoms with Crippen molar-refractivity contribution in [2.45, 2.75) is 32.9 Å². The molecule has 1 aromatic carbocycles. The van der Waals surface area contributed by atoms with Gasteiger partial charge in [0.1, 0.15) is 11.8 Å². The molecule has 0 saturated heterocycles. The minimum Gasteiger partial charge on any atom is -0.508 e. The topological polar surface area (TPSA) is 122 Å². The summed E-state index contributed by atoms with van der Waals surface area (Å²) in [6.45, 7) is 4.92. The largest absolute Gasteiger partial charge is 0.508 e. The molecule has 1 aromatic rings. The van der Waals surface area contributed by atoms with Gasteiger partial charge in [0.05, 0.1) is 11.7 Å². The Hall–Kier alpha value is -3.03. The molecule has 0 aromatic heterocycles. The maximum absolute atomic E-state index is 12.5. The fourth-order valence-corrected chi connectivity index (χ4v) is 2.48. The Balaban J connectivity index is 2.59. The maximum Gasteiger partial charge on any atom is 0.338 e. The summed E-state index contributed by atoms with van der Waals surface area (Å²) in [6.07, 6.45) is -0.377. The van der Waals surface area contributed by atoms with Gasteiger partial charge in [0, 0.05) is 5.70 Å². The Morgan fingerprint density at radius 1 is 1.29 bits per heavy atom. The summed E-state index contributed by atoms with van der Waals surface area (Å²) < 4.78 is 5.22. The molecule has 1 aliphatic heterocycles. The lowest BCUT2D eigenvalue weighted by atomic mass is 9.94. The summed E-state index contributed by atoms with van der Waals surface area (Å²) in [5, 5.41) is 11.9. The number of nitrogens with two attached hydrogens (primary N) is 1. The standard InChI is InChI=1S/C16H19N3O5/c1-8(2)24-14(21)12-9(3)18-16(23)19(15(17)22)13(12)10-4-6-11(20)7-5-10/h4-8,13,20H,1-3H3,(H2,17,22)(H,18,23). The van der Waals surface area contributed by atoms with Crippen molar-refractivity contribution >= 4 is 18.0 Å². The van der Waals surface area contributed by atoms with E-state index in [4.69, 9.17) is 10.5 Å². The van der Waals surface area contributed by atoms with Crippen LogP contribution in [0, 0.1) is 0 Å². The number of carbonyl (C=O) groups excluding carboxylic acids is 3. The van der Waals surface area contributed by atoms with Crippen molar-refractivity contribution in [2.24, 2.45) is 5.73 Å². The number of urea groups is 2. The van der Waals surface area contributed by atoms with Crippen LogP contribution in [0.25, 0.3) is 0 Å². The van der Waals surface area contributed by atoms with Crippen molar-refractivity contribution in [3.8, 4) is 5.75 Å². The first-order chi connectivity index (χ1) is 11.2. The van der Waals surface area contributed by atoms with Crippen molar-refractivity contribution in [1.82, 2.24) is 10.2 Å². The van der Waals surface area contributed by atoms with E-state index >= 15 is 0 Å². The number of primary amides is 1. The summed E-state index contributed by atoms with van der Waals surface area (Å²) in [4.78, 5) is 37.2. The van der Waals surface area contributed by atoms with Gasteiger partial charge in [-0.15, -0.1) is 0 Å². The summed E-state index contributed by atoms with van der Waals surface area (Å²) in [5.41, 5.74) is 6.15. The number of phenols is 1. The molecule has 2 rings (SSSR count). The third kappa shape index (κ3) is 3.32. The molecule has 0 bridgehead atoms. The lowest BCUT2D eigenvalue weighted by Crippen LogP contribution is -2.53. The van der Waals surface area contributed by atoms with Gasteiger partial charge in [-0.3, -0.25) is 0 Å². The van der Waals surface area contributed by atoms with Gasteiger partial charge < -0.3 is 20.9 Å². The number of nitrogens with zero attached hydrogens (tertiary/aromatic N) is 1. The number of phenolic OH excluding ortho intramolecular Hbond substituents is 1. The van der Waals surface area contributed by atoms with E-state index in [1.54, 1.807) is 20.8 Å². The molecular formula is C16H19N3O5. The number of allylic oxidation sites excluding steroid dienone is 1. The zero-order valence-electron chi connectivity index (χ0n) is 13.6. The van der Waals surface area contributed by atoms with Gasteiger partial charge in [0.25, 0.3) is 0 Å². The number of rotatable bonds is 3. The molecule has 0 radical (unpaired) electrons. The lowest BCUT2D eigenvalue weighted by Gasteiger charge is -2.35. The molecule has 8 heteroatoms. The highest BCUT2D eigenvalue weighted by Gasteiger charge is 2.41. The van der Waals surface area contributed by atoms with Crippen LogP contribution in [0.2, 0.25) is 0 Å². The maximum atomic E-state index is 12.5. The van der Waals surface area contributed by atoms with Crippen LogP contribution in [-0.2, 0) is 9.53 Å². The monoisotopic (exact) mass is 333 g/mol. The molecule has 8 nitrogen and oxygen atoms in total. The van der Waals surface area contributed by atoms with Gasteiger partial charge in [0.2, 0.25) is 0 Å². The number of hydrogen-bond acceptors (Lipinski definition) is 5. The minimum atomic E-state index is -1.04. The highest BCUT2D eigenvalue weighted by atomic mass is 16.5. The number of amides is 4. The van der Waals surface area contributed by atoms with Gasteiger partial charge in [-0.25, -0.2) is 19.3 Å². The SMILES string of the molecule is CC1=C(C(=O)OC(C)C)C(c2ccc(O)cc2)N(C(N)=O)C(=O)N1. The highest BCUT2D eigenvalue weighted by Crippen LogP contribution is 2.34. The van der Waals surface area contributed by atoms with Crippen molar-refractivity contribution < 1.29 is 24.2 Å². The van der Waals surface area contributed by atoms with Crippen LogP contribution in [0.1, 0.15) is 32.4 Å². The van der Waals surface area contributed by atoms with Gasteiger partial charge in [-0.05, 0) is 38.5 Å². The molecule has 0 saturated carbocycles. The fourth-order valence-electron chi connectivity index (χ4n) is 2.48. The zero-order valence-corrected chi connectivity index (χ0v) is 13.6. The Labute approximate surface area is 138 Å². The molecule has 128 valence electrons. The molecular weight excluding hydrogens is 314 g/mol. The number of nitrogens with one attached hydrogen (secondary N) is 1. The molecule has 0 fully saturated rings. The second-order valence-corrected chi connectivity index (χ2v) is 5.63. The van der Waals surface area contributed by atoms with Crippen molar-refractivity contribution in [3.05, 3.63) is 41.1 Å². The van der Waals surface area contributed by atoms with Gasteiger partial charge in [-0.2, -0.15) is 0 Å². The van der Waals surface area contributed by atoms with E-state index < -0.39 is 24.1 Å². The summed E-state index contributed by atoms with van der Waals surface area (Å²) in [6, 6.07) is 3.01. The summed E-state index contributed by atoms with van der Waals surface area (Å²) >= 11 is 0. The van der Waals surface area contributed by atoms with Crippen molar-refractivity contribution in [2.75, 3.05) is 0 Å². The van der Waals surface area contributed by atoms with Crippen LogP contribution in [0.5, 0.6) is 5.75 Å². The second-order valence-electron chi connectivity index (χ2n) is 5.63. The van der Waals surface area contributed by atoms with E-state index in [1.165, 1.54) is 24.3 Å². The second kappa shape index (κ2) is 6.61. The van der Waals surface area contributed by atoms with Crippen LogP contribution >= 0.6 is 0 Å². The Morgan fingerprint density at radius 3 is 2.38 bits per heavy atom. The predicted octanol–water partition coefficient (Wildman–Crippen LogP) is 1.76. The van der Waals surface area contributed by atoms with Gasteiger partial charge in [0.15, 0.2) is 0 Å². The fraction of sp³-hybridized carbons (Fsp3) is 0.312. The molecule has 1 heterocycles. The minimum absolute atomic E-state index is 0.0108. The number of carbonyl (C=O) groups is 3. The van der Waals surface area contributed by atoms with E-state index in [9.17, 15) is 19.5 Å². The lowest BCUT2D eigenvalue weighted by molar-refractivity contribution is -0.143. The average Bonchev–Trinajstić information content (AvgIpc) is 2.45. The Morgan fingerprint density at radius 2 is 1.88 bits per heavy atom. The third-order valence-electron chi connectivity index (χ3n) is 3.46. The molecule has 1 aliphatic rings. The number of aromatic hydroxyl groups is 1. The van der Waals surface area contributed by atoms with Gasteiger partial charge >= 0.3 is 18.0 Å². The van der Waals surface area contributed by atoms with Crippen LogP contribution in [0.3, 0.4) is 0 Å². The average molecular weight is 333 g/mol. The first-order valence-corrected chi connectivity index (χ1v) is 7.32. The number of imide groups is 1. The van der Waals surface area contributed by atoms with Gasteiger partial charge in [-0.1, -0.05) is 12.1 Å². The van der Waals surface area contributed by atoms with Crippen molar-refractivity contribution in [3.63, 3.8) is 0 Å². The quantitative estimate of drug-likeness (QED) is 0.728. The zero-order chi connectivity index (χ0) is 18.0. The van der Waals surface area contributed by atoms with Crippen LogP contribution in [0.4, 0.5) is 9.59 Å². The van der Waals surface area contributed by atoms with Crippen molar-refractivity contribution in [1.29, 1.82) is 0 Å². The normalized spacial score (nSPS) is 17.8. The van der Waals surface area contributed by atoms with Crippen LogP contribution < -0.4 is 11.1 Å². The number of esters is 1. The number of benzene rings is 1. The Bertz CT molecular complexity index is 709. The highest BCUT2D eigenvalue weighted by molar-refractivity contribution is 6.01. The molecule has 0 spiro atoms. The third-order valence-corrected chi connectivity index (χ3v) is 3.46. The van der Waals surface area contributed by atoms with E-state index in [2.05, 4.69) is 5.32 Å². The molecule has 0 aliphatic carbocycles. The smallest absolute Gasteiger partial charge is 0.338 e. The van der Waals surface area contributed by atoms with E-state index in [-0.39, 0.29) is 23.1 Å². The molecule has 4 N–H and O–H groups in total. The van der Waals surface area contributed by atoms with Crippen LogP contribution in [-0.4, -0.2) is 34.1 Å². The molecule has 4 amide bonds. The van der Waals surface area contributed by atoms with E-state index in [0.29, 0.717) is 5.56 Å². The summed E-state index contributed by atoms with van der Waals surface area (Å²) in [5.74, 6) is -0.650. The molecule has 24 heavy (non-hydrogen) atoms. The molecule has 1 unspecified atom stereocenters.